The number of carbonyl (C=O) groups excluding carboxylic acids is 2. The van der Waals surface area contributed by atoms with E-state index in [9.17, 15) is 22.8 Å². The Bertz CT molecular complexity index is 483. The molecular weight excluding hydrogens is 251 g/mol. The van der Waals surface area contributed by atoms with Gasteiger partial charge in [-0.05, 0) is 25.1 Å². The first kappa shape index (κ1) is 14.0. The minimum absolute atomic E-state index is 0.0394. The number of hydrogen-bond acceptors (Lipinski definition) is 3. The van der Waals surface area contributed by atoms with Crippen LogP contribution in [-0.4, -0.2) is 25.0 Å². The van der Waals surface area contributed by atoms with Crippen LogP contribution in [0.1, 0.15) is 17.3 Å². The number of ether oxygens (including phenoxy) is 1. The Morgan fingerprint density at radius 1 is 1.28 bits per heavy atom. The van der Waals surface area contributed by atoms with Crippen LogP contribution < -0.4 is 10.1 Å². The van der Waals surface area contributed by atoms with Crippen molar-refractivity contribution in [2.45, 2.75) is 13.1 Å². The molecule has 0 unspecified atom stereocenters. The van der Waals surface area contributed by atoms with Crippen LogP contribution in [0.4, 0.5) is 18.9 Å². The van der Waals surface area contributed by atoms with Crippen LogP contribution in [-0.2, 0) is 4.79 Å². The second-order valence-corrected chi connectivity index (χ2v) is 3.42. The molecule has 0 saturated heterocycles. The molecule has 0 heterocycles. The average Bonchev–Trinajstić information content (AvgIpc) is 2.27. The molecule has 1 aromatic carbocycles. The highest BCUT2D eigenvalue weighted by Crippen LogP contribution is 2.27. The highest BCUT2D eigenvalue weighted by atomic mass is 19.4. The lowest BCUT2D eigenvalue weighted by atomic mass is 10.1. The Labute approximate surface area is 101 Å². The van der Waals surface area contributed by atoms with Gasteiger partial charge in [-0.3, -0.25) is 9.59 Å². The summed E-state index contributed by atoms with van der Waals surface area (Å²) < 4.78 is 41.1. The van der Waals surface area contributed by atoms with Crippen molar-refractivity contribution in [3.05, 3.63) is 23.8 Å². The molecule has 0 radical (unpaired) electrons. The molecule has 0 bridgehead atoms. The van der Waals surface area contributed by atoms with E-state index >= 15 is 0 Å². The number of amides is 1. The van der Waals surface area contributed by atoms with Crippen LogP contribution in [0.15, 0.2) is 18.2 Å². The van der Waals surface area contributed by atoms with E-state index in [0.29, 0.717) is 0 Å². The molecule has 0 aliphatic rings. The molecule has 1 N–H and O–H groups in total. The van der Waals surface area contributed by atoms with Crippen molar-refractivity contribution in [3.8, 4) is 5.75 Å². The lowest BCUT2D eigenvalue weighted by Gasteiger charge is -2.12. The van der Waals surface area contributed by atoms with E-state index in [-0.39, 0.29) is 22.8 Å². The zero-order valence-electron chi connectivity index (χ0n) is 9.59. The molecule has 0 aliphatic heterocycles. The summed E-state index contributed by atoms with van der Waals surface area (Å²) in [6.07, 6.45) is -5.00. The lowest BCUT2D eigenvalue weighted by molar-refractivity contribution is -0.167. The summed E-state index contributed by atoms with van der Waals surface area (Å²) in [5.41, 5.74) is -0.0270. The fraction of sp³-hybridized carbons (Fsp3) is 0.273. The number of carbonyl (C=O) groups is 2. The van der Waals surface area contributed by atoms with Gasteiger partial charge in [-0.15, -0.1) is 0 Å². The first-order valence-electron chi connectivity index (χ1n) is 4.83. The largest absolute Gasteiger partial charge is 0.495 e. The van der Waals surface area contributed by atoms with Gasteiger partial charge < -0.3 is 10.1 Å². The van der Waals surface area contributed by atoms with Gasteiger partial charge in [0.15, 0.2) is 5.78 Å². The van der Waals surface area contributed by atoms with E-state index < -0.39 is 12.1 Å². The molecule has 18 heavy (non-hydrogen) atoms. The highest BCUT2D eigenvalue weighted by Gasteiger charge is 2.39. The second-order valence-electron chi connectivity index (χ2n) is 3.42. The van der Waals surface area contributed by atoms with E-state index in [0.717, 1.165) is 6.07 Å². The normalized spacial score (nSPS) is 10.9. The van der Waals surface area contributed by atoms with Crippen LogP contribution in [0.25, 0.3) is 0 Å². The summed E-state index contributed by atoms with van der Waals surface area (Å²) in [6.45, 7) is 1.26. The SMILES string of the molecule is COc1ccc(C(C)=O)cc1NC(=O)C(F)(F)F. The van der Waals surface area contributed by atoms with Gasteiger partial charge in [0.1, 0.15) is 5.75 Å². The summed E-state index contributed by atoms with van der Waals surface area (Å²) in [7, 11) is 1.24. The summed E-state index contributed by atoms with van der Waals surface area (Å²) in [5.74, 6) is -2.42. The number of anilines is 1. The Kier molecular flexibility index (Phi) is 3.95. The van der Waals surface area contributed by atoms with E-state index in [1.165, 1.54) is 26.2 Å². The van der Waals surface area contributed by atoms with Crippen LogP contribution >= 0.6 is 0 Å². The van der Waals surface area contributed by atoms with Gasteiger partial charge >= 0.3 is 12.1 Å². The summed E-state index contributed by atoms with van der Waals surface area (Å²) in [5, 5.41) is 1.66. The number of Topliss-reactive ketones (excluding diaryl/α,β-unsaturated/α-hetero) is 1. The van der Waals surface area contributed by atoms with Gasteiger partial charge in [0.2, 0.25) is 0 Å². The maximum absolute atomic E-state index is 12.1. The predicted octanol–water partition coefficient (Wildman–Crippen LogP) is 2.40. The third-order valence-electron chi connectivity index (χ3n) is 2.11. The lowest BCUT2D eigenvalue weighted by Crippen LogP contribution is -2.30. The first-order valence-corrected chi connectivity index (χ1v) is 4.83. The third kappa shape index (κ3) is 3.22. The van der Waals surface area contributed by atoms with Crippen LogP contribution in [0, 0.1) is 0 Å². The molecule has 98 valence electrons. The number of benzene rings is 1. The molecule has 1 aromatic rings. The van der Waals surface area contributed by atoms with Crippen molar-refractivity contribution in [3.63, 3.8) is 0 Å². The van der Waals surface area contributed by atoms with Gasteiger partial charge in [0, 0.05) is 5.56 Å². The Morgan fingerprint density at radius 3 is 2.33 bits per heavy atom. The molecule has 0 saturated carbocycles. The average molecular weight is 261 g/mol. The monoisotopic (exact) mass is 261 g/mol. The molecule has 0 fully saturated rings. The molecule has 0 aliphatic carbocycles. The Balaban J connectivity index is 3.09. The molecule has 7 heteroatoms. The van der Waals surface area contributed by atoms with Crippen LogP contribution in [0.5, 0.6) is 5.75 Å². The van der Waals surface area contributed by atoms with Crippen molar-refractivity contribution in [2.75, 3.05) is 12.4 Å². The maximum Gasteiger partial charge on any atom is 0.471 e. The minimum Gasteiger partial charge on any atom is -0.495 e. The molecule has 0 aromatic heterocycles. The fourth-order valence-corrected chi connectivity index (χ4v) is 1.22. The summed E-state index contributed by atoms with van der Waals surface area (Å²) in [4.78, 5) is 21.9. The topological polar surface area (TPSA) is 55.4 Å². The number of hydrogen-bond donors (Lipinski definition) is 1. The first-order chi connectivity index (χ1) is 8.25. The molecule has 0 atom stereocenters. The van der Waals surface area contributed by atoms with Crippen molar-refractivity contribution < 1.29 is 27.5 Å². The molecular formula is C11H10F3NO3. The number of nitrogens with one attached hydrogen (secondary N) is 1. The second kappa shape index (κ2) is 5.07. The quantitative estimate of drug-likeness (QED) is 0.850. The van der Waals surface area contributed by atoms with Crippen molar-refractivity contribution in [1.29, 1.82) is 0 Å². The van der Waals surface area contributed by atoms with E-state index in [4.69, 9.17) is 4.74 Å². The number of ketones is 1. The van der Waals surface area contributed by atoms with Gasteiger partial charge in [-0.2, -0.15) is 13.2 Å². The zero-order chi connectivity index (χ0) is 13.9. The smallest absolute Gasteiger partial charge is 0.471 e. The van der Waals surface area contributed by atoms with Crippen molar-refractivity contribution >= 4 is 17.4 Å². The van der Waals surface area contributed by atoms with Crippen molar-refractivity contribution in [2.24, 2.45) is 0 Å². The van der Waals surface area contributed by atoms with Gasteiger partial charge in [0.25, 0.3) is 0 Å². The Morgan fingerprint density at radius 2 is 1.89 bits per heavy atom. The molecule has 4 nitrogen and oxygen atoms in total. The number of alkyl halides is 3. The van der Waals surface area contributed by atoms with Crippen LogP contribution in [0.3, 0.4) is 0 Å². The Hall–Kier alpha value is -2.05. The summed E-state index contributed by atoms with van der Waals surface area (Å²) in [6, 6.07) is 3.83. The molecule has 1 amide bonds. The number of methoxy groups -OCH3 is 1. The van der Waals surface area contributed by atoms with E-state index in [1.54, 1.807) is 5.32 Å². The minimum atomic E-state index is -5.00. The third-order valence-corrected chi connectivity index (χ3v) is 2.11. The van der Waals surface area contributed by atoms with E-state index in [2.05, 4.69) is 0 Å². The van der Waals surface area contributed by atoms with E-state index in [1.807, 2.05) is 0 Å². The number of rotatable bonds is 3. The van der Waals surface area contributed by atoms with Gasteiger partial charge in [-0.25, -0.2) is 0 Å². The highest BCUT2D eigenvalue weighted by molar-refractivity contribution is 5.99. The van der Waals surface area contributed by atoms with Gasteiger partial charge in [0.05, 0.1) is 12.8 Å². The predicted molar refractivity (Wildman–Crippen MR) is 57.7 cm³/mol. The fourth-order valence-electron chi connectivity index (χ4n) is 1.22. The standard InChI is InChI=1S/C11H10F3NO3/c1-6(16)7-3-4-9(18-2)8(5-7)15-10(17)11(12,13)14/h3-5H,1-2H3,(H,15,17). The van der Waals surface area contributed by atoms with Gasteiger partial charge in [-0.1, -0.05) is 0 Å². The molecule has 1 rings (SSSR count). The van der Waals surface area contributed by atoms with Crippen LogP contribution in [0.2, 0.25) is 0 Å². The zero-order valence-corrected chi connectivity index (χ0v) is 9.59. The number of halogens is 3. The maximum atomic E-state index is 12.1. The molecule has 0 spiro atoms. The summed E-state index contributed by atoms with van der Waals surface area (Å²) >= 11 is 0. The van der Waals surface area contributed by atoms with Crippen molar-refractivity contribution in [1.82, 2.24) is 0 Å².